The molecule has 132 valence electrons. The van der Waals surface area contributed by atoms with E-state index in [1.807, 2.05) is 30.5 Å². The Morgan fingerprint density at radius 3 is 2.81 bits per heavy atom. The number of hydrogen-bond acceptors (Lipinski definition) is 6. The molecule has 1 fully saturated rings. The number of nitrogens with zero attached hydrogens (tertiary/aromatic N) is 2. The van der Waals surface area contributed by atoms with Crippen molar-refractivity contribution in [1.82, 2.24) is 9.97 Å². The SMILES string of the molecule is Cc1nc(-c2cccc(NC(=O)c3coc(NC(=O)C4CC4)n3)c2)cs1. The summed E-state index contributed by atoms with van der Waals surface area (Å²) >= 11 is 1.57. The number of anilines is 2. The van der Waals surface area contributed by atoms with Gasteiger partial charge in [0.2, 0.25) is 5.91 Å². The van der Waals surface area contributed by atoms with Crippen LogP contribution in [0.25, 0.3) is 11.3 Å². The smallest absolute Gasteiger partial charge is 0.302 e. The monoisotopic (exact) mass is 368 g/mol. The number of nitrogens with one attached hydrogen (secondary N) is 2. The van der Waals surface area contributed by atoms with Crippen LogP contribution in [0.2, 0.25) is 0 Å². The van der Waals surface area contributed by atoms with E-state index in [1.165, 1.54) is 6.26 Å². The fourth-order valence-electron chi connectivity index (χ4n) is 2.44. The zero-order valence-electron chi connectivity index (χ0n) is 14.0. The van der Waals surface area contributed by atoms with Crippen LogP contribution >= 0.6 is 11.3 Å². The minimum absolute atomic E-state index is 0.0382. The van der Waals surface area contributed by atoms with Crippen molar-refractivity contribution in [1.29, 1.82) is 0 Å². The van der Waals surface area contributed by atoms with E-state index in [2.05, 4.69) is 20.6 Å². The second-order valence-corrected chi connectivity index (χ2v) is 7.15. The van der Waals surface area contributed by atoms with Gasteiger partial charge in [0.25, 0.3) is 5.91 Å². The first-order valence-corrected chi connectivity index (χ1v) is 9.07. The van der Waals surface area contributed by atoms with E-state index in [4.69, 9.17) is 4.42 Å². The molecule has 3 aromatic rings. The first-order chi connectivity index (χ1) is 12.6. The van der Waals surface area contributed by atoms with E-state index in [9.17, 15) is 9.59 Å². The minimum atomic E-state index is -0.410. The second-order valence-electron chi connectivity index (χ2n) is 6.09. The number of benzene rings is 1. The van der Waals surface area contributed by atoms with Crippen molar-refractivity contribution in [3.05, 3.63) is 46.6 Å². The van der Waals surface area contributed by atoms with Gasteiger partial charge in [-0.15, -0.1) is 11.3 Å². The number of rotatable bonds is 5. The topological polar surface area (TPSA) is 97.1 Å². The van der Waals surface area contributed by atoms with Crippen molar-refractivity contribution in [3.63, 3.8) is 0 Å². The molecule has 8 heteroatoms. The van der Waals surface area contributed by atoms with E-state index in [0.717, 1.165) is 29.1 Å². The molecule has 26 heavy (non-hydrogen) atoms. The van der Waals surface area contributed by atoms with E-state index in [-0.39, 0.29) is 23.5 Å². The molecule has 0 spiro atoms. The first kappa shape index (κ1) is 16.5. The molecule has 2 heterocycles. The lowest BCUT2D eigenvalue weighted by molar-refractivity contribution is -0.117. The third-order valence-electron chi connectivity index (χ3n) is 3.95. The van der Waals surface area contributed by atoms with E-state index >= 15 is 0 Å². The molecule has 1 aliphatic rings. The molecule has 2 amide bonds. The third-order valence-corrected chi connectivity index (χ3v) is 4.72. The maximum atomic E-state index is 12.4. The predicted molar refractivity (Wildman–Crippen MR) is 98.1 cm³/mol. The van der Waals surface area contributed by atoms with Crippen molar-refractivity contribution in [2.75, 3.05) is 10.6 Å². The molecule has 0 bridgehead atoms. The number of oxazole rings is 1. The summed E-state index contributed by atoms with van der Waals surface area (Å²) < 4.78 is 5.16. The zero-order chi connectivity index (χ0) is 18.1. The Morgan fingerprint density at radius 2 is 2.08 bits per heavy atom. The maximum Gasteiger partial charge on any atom is 0.302 e. The highest BCUT2D eigenvalue weighted by Gasteiger charge is 2.30. The van der Waals surface area contributed by atoms with Gasteiger partial charge < -0.3 is 9.73 Å². The van der Waals surface area contributed by atoms with Gasteiger partial charge in [0.15, 0.2) is 5.69 Å². The van der Waals surface area contributed by atoms with E-state index < -0.39 is 5.91 Å². The number of carbonyl (C=O) groups excluding carboxylic acids is 2. The summed E-state index contributed by atoms with van der Waals surface area (Å²) in [6.45, 7) is 1.95. The summed E-state index contributed by atoms with van der Waals surface area (Å²) in [4.78, 5) is 32.5. The Hall–Kier alpha value is -3.00. The van der Waals surface area contributed by atoms with Crippen LogP contribution in [0, 0.1) is 12.8 Å². The second kappa shape index (κ2) is 6.72. The Kier molecular flexibility index (Phi) is 4.26. The maximum absolute atomic E-state index is 12.4. The van der Waals surface area contributed by atoms with E-state index in [1.54, 1.807) is 17.4 Å². The lowest BCUT2D eigenvalue weighted by Crippen LogP contribution is -2.15. The summed E-state index contributed by atoms with van der Waals surface area (Å²) in [6.07, 6.45) is 3.00. The fraction of sp³-hybridized carbons (Fsp3) is 0.222. The number of aromatic nitrogens is 2. The number of amides is 2. The highest BCUT2D eigenvalue weighted by molar-refractivity contribution is 7.09. The number of aryl methyl sites for hydroxylation is 1. The molecule has 0 unspecified atom stereocenters. The van der Waals surface area contributed by atoms with Crippen LogP contribution in [0.1, 0.15) is 28.3 Å². The van der Waals surface area contributed by atoms with Gasteiger partial charge >= 0.3 is 6.01 Å². The highest BCUT2D eigenvalue weighted by Crippen LogP contribution is 2.30. The molecule has 0 radical (unpaired) electrons. The standard InChI is InChI=1S/C18H16N4O3S/c1-10-19-15(9-26-10)12-3-2-4-13(7-12)20-17(24)14-8-25-18(21-14)22-16(23)11-5-6-11/h2-4,7-9,11H,5-6H2,1H3,(H,20,24)(H,21,22,23). The first-order valence-electron chi connectivity index (χ1n) is 8.19. The number of hydrogen-bond donors (Lipinski definition) is 2. The lowest BCUT2D eigenvalue weighted by Gasteiger charge is -2.04. The molecule has 1 aliphatic carbocycles. The quantitative estimate of drug-likeness (QED) is 0.715. The Labute approximate surface area is 153 Å². The molecule has 2 aromatic heterocycles. The van der Waals surface area contributed by atoms with Gasteiger partial charge in [0.1, 0.15) is 6.26 Å². The zero-order valence-corrected chi connectivity index (χ0v) is 14.8. The van der Waals surface area contributed by atoms with Crippen LogP contribution in [0.15, 0.2) is 40.3 Å². The van der Waals surface area contributed by atoms with Crippen molar-refractivity contribution in [2.45, 2.75) is 19.8 Å². The van der Waals surface area contributed by atoms with Crippen molar-refractivity contribution in [3.8, 4) is 11.3 Å². The Bertz CT molecular complexity index is 974. The summed E-state index contributed by atoms with van der Waals surface area (Å²) in [6, 6.07) is 7.47. The van der Waals surface area contributed by atoms with Crippen LogP contribution in [0.3, 0.4) is 0 Å². The van der Waals surface area contributed by atoms with Gasteiger partial charge in [-0.3, -0.25) is 14.9 Å². The molecule has 4 rings (SSSR count). The van der Waals surface area contributed by atoms with Crippen LogP contribution in [-0.4, -0.2) is 21.8 Å². The summed E-state index contributed by atoms with van der Waals surface area (Å²) in [7, 11) is 0. The molecule has 0 atom stereocenters. The molecule has 7 nitrogen and oxygen atoms in total. The highest BCUT2D eigenvalue weighted by atomic mass is 32.1. The molecular weight excluding hydrogens is 352 g/mol. The summed E-state index contributed by atoms with van der Waals surface area (Å²) in [5.41, 5.74) is 2.52. The summed E-state index contributed by atoms with van der Waals surface area (Å²) in [5.74, 6) is -0.492. The molecule has 1 saturated carbocycles. The molecule has 2 N–H and O–H groups in total. The molecule has 1 aromatic carbocycles. The van der Waals surface area contributed by atoms with Crippen LogP contribution < -0.4 is 10.6 Å². The molecular formula is C18H16N4O3S. The van der Waals surface area contributed by atoms with Gasteiger partial charge in [0.05, 0.1) is 10.7 Å². The van der Waals surface area contributed by atoms with Crippen molar-refractivity contribution in [2.24, 2.45) is 5.92 Å². The number of carbonyl (C=O) groups is 2. The average Bonchev–Trinajstić information content (AvgIpc) is 3.23. The minimum Gasteiger partial charge on any atom is -0.431 e. The summed E-state index contributed by atoms with van der Waals surface area (Å²) in [5, 5.41) is 8.31. The average molecular weight is 368 g/mol. The Morgan fingerprint density at radius 1 is 1.23 bits per heavy atom. The van der Waals surface area contributed by atoms with Crippen LogP contribution in [0.4, 0.5) is 11.7 Å². The Balaban J connectivity index is 1.44. The lowest BCUT2D eigenvalue weighted by atomic mass is 10.1. The van der Waals surface area contributed by atoms with Gasteiger partial charge in [0, 0.05) is 22.5 Å². The largest absolute Gasteiger partial charge is 0.431 e. The van der Waals surface area contributed by atoms with Gasteiger partial charge in [-0.05, 0) is 31.9 Å². The van der Waals surface area contributed by atoms with Crippen LogP contribution in [0.5, 0.6) is 0 Å². The van der Waals surface area contributed by atoms with Gasteiger partial charge in [-0.25, -0.2) is 4.98 Å². The number of thiazole rings is 1. The van der Waals surface area contributed by atoms with Crippen molar-refractivity contribution < 1.29 is 14.0 Å². The van der Waals surface area contributed by atoms with E-state index in [0.29, 0.717) is 5.69 Å². The molecule has 0 saturated heterocycles. The fourth-order valence-corrected chi connectivity index (χ4v) is 3.06. The van der Waals surface area contributed by atoms with Crippen molar-refractivity contribution >= 4 is 34.9 Å². The third kappa shape index (κ3) is 3.65. The normalized spacial score (nSPS) is 13.4. The molecule has 0 aliphatic heterocycles. The van der Waals surface area contributed by atoms with Gasteiger partial charge in [-0.1, -0.05) is 12.1 Å². The predicted octanol–water partition coefficient (Wildman–Crippen LogP) is 3.71. The van der Waals surface area contributed by atoms with Gasteiger partial charge in [-0.2, -0.15) is 4.98 Å². The van der Waals surface area contributed by atoms with Crippen LogP contribution in [-0.2, 0) is 4.79 Å².